The van der Waals surface area contributed by atoms with Crippen LogP contribution in [0.3, 0.4) is 0 Å². The highest BCUT2D eigenvalue weighted by molar-refractivity contribution is 6.01. The first-order chi connectivity index (χ1) is 16.3. The maximum absolute atomic E-state index is 12.2. The van der Waals surface area contributed by atoms with Gasteiger partial charge in [-0.1, -0.05) is 18.2 Å². The number of aromatic nitrogens is 2. The Morgan fingerprint density at radius 2 is 1.62 bits per heavy atom. The molecule has 0 aliphatic rings. The van der Waals surface area contributed by atoms with Crippen LogP contribution in [-0.2, 0) is 0 Å². The van der Waals surface area contributed by atoms with E-state index >= 15 is 0 Å². The van der Waals surface area contributed by atoms with Gasteiger partial charge in [0.25, 0.3) is 0 Å². The van der Waals surface area contributed by atoms with Crippen LogP contribution in [0.2, 0.25) is 0 Å². The van der Waals surface area contributed by atoms with Crippen molar-refractivity contribution in [1.82, 2.24) is 9.55 Å². The van der Waals surface area contributed by atoms with Crippen molar-refractivity contribution >= 4 is 28.7 Å². The van der Waals surface area contributed by atoms with Gasteiger partial charge in [-0.2, -0.15) is 0 Å². The number of ether oxygens (including phenoxy) is 2. The van der Waals surface area contributed by atoms with Crippen LogP contribution in [0.1, 0.15) is 52.8 Å². The molecule has 34 heavy (non-hydrogen) atoms. The van der Waals surface area contributed by atoms with Gasteiger partial charge in [0.1, 0.15) is 17.3 Å². The highest BCUT2D eigenvalue weighted by Crippen LogP contribution is 2.34. The zero-order valence-electron chi connectivity index (χ0n) is 20.0. The van der Waals surface area contributed by atoms with Crippen LogP contribution in [0.25, 0.3) is 22.7 Å². The average molecular weight is 457 g/mol. The fraction of sp³-hybridized carbons (Fsp3) is 0.214. The molecule has 0 spiro atoms. The van der Waals surface area contributed by atoms with Gasteiger partial charge in [-0.15, -0.1) is 0 Å². The minimum atomic E-state index is -1.01. The zero-order valence-corrected chi connectivity index (χ0v) is 20.0. The lowest BCUT2D eigenvalue weighted by Gasteiger charge is -2.16. The summed E-state index contributed by atoms with van der Waals surface area (Å²) >= 11 is 0. The topological polar surface area (TPSA) is 73.6 Å². The molecular formula is C28H28N2O4. The lowest BCUT2D eigenvalue weighted by Crippen LogP contribution is -2.06. The van der Waals surface area contributed by atoms with Crippen molar-refractivity contribution in [1.29, 1.82) is 0 Å². The molecule has 4 rings (SSSR count). The standard InChI is InChI=1S/C28H28N2O4/c1-17(2)30-26-13-6-18(3)14-25(26)29-27(30)16-23(19-7-9-20(33-4)10-8-19)24-15-21(34-5)11-12-22(24)28(31)32/h6-17H,1-5H3,(H,31,32)/b23-16-. The molecule has 3 aromatic carbocycles. The van der Waals surface area contributed by atoms with Crippen LogP contribution in [0.5, 0.6) is 11.5 Å². The van der Waals surface area contributed by atoms with Crippen LogP contribution in [0, 0.1) is 6.92 Å². The number of fused-ring (bicyclic) bond motifs is 1. The molecule has 0 bridgehead atoms. The number of hydrogen-bond acceptors (Lipinski definition) is 4. The number of aromatic carboxylic acids is 1. The SMILES string of the molecule is COc1ccc(/C(=C/c2nc3cc(C)ccc3n2C(C)C)c2cc(OC)ccc2C(=O)O)cc1. The predicted octanol–water partition coefficient (Wildman–Crippen LogP) is 6.23. The maximum atomic E-state index is 12.2. The molecule has 4 aromatic rings. The van der Waals surface area contributed by atoms with E-state index in [1.54, 1.807) is 32.4 Å². The van der Waals surface area contributed by atoms with Crippen LogP contribution in [0.15, 0.2) is 60.7 Å². The van der Waals surface area contributed by atoms with E-state index in [1.165, 1.54) is 0 Å². The summed E-state index contributed by atoms with van der Waals surface area (Å²) in [5.74, 6) is 1.04. The highest BCUT2D eigenvalue weighted by Gasteiger charge is 2.19. The van der Waals surface area contributed by atoms with Gasteiger partial charge in [-0.05, 0) is 86.0 Å². The fourth-order valence-electron chi connectivity index (χ4n) is 4.15. The summed E-state index contributed by atoms with van der Waals surface area (Å²) < 4.78 is 12.9. The van der Waals surface area contributed by atoms with Crippen molar-refractivity contribution < 1.29 is 19.4 Å². The summed E-state index contributed by atoms with van der Waals surface area (Å²) in [5.41, 5.74) is 5.38. The van der Waals surface area contributed by atoms with Gasteiger partial charge >= 0.3 is 5.97 Å². The number of imidazole rings is 1. The molecule has 1 N–H and O–H groups in total. The molecular weight excluding hydrogens is 428 g/mol. The van der Waals surface area contributed by atoms with E-state index in [4.69, 9.17) is 14.5 Å². The Hall–Kier alpha value is -4.06. The smallest absolute Gasteiger partial charge is 0.336 e. The number of carboxylic acid groups (broad SMARTS) is 1. The molecule has 0 aliphatic heterocycles. The Morgan fingerprint density at radius 1 is 0.941 bits per heavy atom. The summed E-state index contributed by atoms with van der Waals surface area (Å²) in [5, 5.41) is 9.95. The van der Waals surface area contributed by atoms with Crippen LogP contribution in [0.4, 0.5) is 0 Å². The van der Waals surface area contributed by atoms with Gasteiger partial charge in [0.05, 0.1) is 30.8 Å². The Bertz CT molecular complexity index is 1380. The van der Waals surface area contributed by atoms with Crippen molar-refractivity contribution in [3.8, 4) is 11.5 Å². The molecule has 174 valence electrons. The van der Waals surface area contributed by atoms with E-state index in [0.29, 0.717) is 11.3 Å². The number of rotatable bonds is 7. The van der Waals surface area contributed by atoms with E-state index in [9.17, 15) is 9.90 Å². The number of aryl methyl sites for hydroxylation is 1. The molecule has 0 saturated heterocycles. The maximum Gasteiger partial charge on any atom is 0.336 e. The fourth-order valence-corrected chi connectivity index (χ4v) is 4.15. The third-order valence-corrected chi connectivity index (χ3v) is 5.81. The van der Waals surface area contributed by atoms with Crippen molar-refractivity contribution in [2.75, 3.05) is 14.2 Å². The monoisotopic (exact) mass is 456 g/mol. The molecule has 0 saturated carbocycles. The second-order valence-electron chi connectivity index (χ2n) is 8.43. The van der Waals surface area contributed by atoms with Crippen molar-refractivity contribution in [2.24, 2.45) is 0 Å². The molecule has 0 unspecified atom stereocenters. The molecule has 0 fully saturated rings. The largest absolute Gasteiger partial charge is 0.497 e. The van der Waals surface area contributed by atoms with Gasteiger partial charge in [-0.3, -0.25) is 0 Å². The zero-order chi connectivity index (χ0) is 24.4. The third kappa shape index (κ3) is 4.39. The van der Waals surface area contributed by atoms with Crippen LogP contribution >= 0.6 is 0 Å². The Morgan fingerprint density at radius 3 is 2.24 bits per heavy atom. The van der Waals surface area contributed by atoms with Gasteiger partial charge in [0.15, 0.2) is 0 Å². The van der Waals surface area contributed by atoms with Crippen molar-refractivity contribution in [2.45, 2.75) is 26.8 Å². The number of nitrogens with zero attached hydrogens (tertiary/aromatic N) is 2. The normalized spacial score (nSPS) is 11.8. The lowest BCUT2D eigenvalue weighted by atomic mass is 9.93. The second-order valence-corrected chi connectivity index (χ2v) is 8.43. The first-order valence-electron chi connectivity index (χ1n) is 11.1. The number of hydrogen-bond donors (Lipinski definition) is 1. The van der Waals surface area contributed by atoms with Gasteiger partial charge < -0.3 is 19.1 Å². The Balaban J connectivity index is 2.04. The molecule has 1 aromatic heterocycles. The molecule has 0 radical (unpaired) electrons. The average Bonchev–Trinajstić information content (AvgIpc) is 3.19. The van der Waals surface area contributed by atoms with Gasteiger partial charge in [0, 0.05) is 11.6 Å². The van der Waals surface area contributed by atoms with Gasteiger partial charge in [0.2, 0.25) is 0 Å². The lowest BCUT2D eigenvalue weighted by molar-refractivity contribution is 0.0696. The highest BCUT2D eigenvalue weighted by atomic mass is 16.5. The minimum Gasteiger partial charge on any atom is -0.497 e. The second kappa shape index (κ2) is 9.43. The summed E-state index contributed by atoms with van der Waals surface area (Å²) in [7, 11) is 3.18. The summed E-state index contributed by atoms with van der Waals surface area (Å²) in [6.07, 6.45) is 1.96. The van der Waals surface area contributed by atoms with E-state index in [-0.39, 0.29) is 11.6 Å². The molecule has 0 amide bonds. The summed E-state index contributed by atoms with van der Waals surface area (Å²) in [4.78, 5) is 17.1. The third-order valence-electron chi connectivity index (χ3n) is 5.81. The molecule has 6 nitrogen and oxygen atoms in total. The van der Waals surface area contributed by atoms with E-state index in [2.05, 4.69) is 36.6 Å². The molecule has 0 aliphatic carbocycles. The van der Waals surface area contributed by atoms with Crippen molar-refractivity contribution in [3.05, 3.63) is 88.7 Å². The Labute approximate surface area is 199 Å². The number of carboxylic acids is 1. The van der Waals surface area contributed by atoms with E-state index in [1.807, 2.05) is 37.3 Å². The van der Waals surface area contributed by atoms with Gasteiger partial charge in [-0.25, -0.2) is 9.78 Å². The molecule has 6 heteroatoms. The number of methoxy groups -OCH3 is 2. The summed E-state index contributed by atoms with van der Waals surface area (Å²) in [6, 6.07) is 18.9. The first-order valence-corrected chi connectivity index (χ1v) is 11.1. The summed E-state index contributed by atoms with van der Waals surface area (Å²) in [6.45, 7) is 6.26. The minimum absolute atomic E-state index is 0.153. The Kier molecular flexibility index (Phi) is 6.41. The van der Waals surface area contributed by atoms with Crippen LogP contribution < -0.4 is 9.47 Å². The molecule has 0 atom stereocenters. The number of benzene rings is 3. The number of carbonyl (C=O) groups is 1. The molecule has 1 heterocycles. The quantitative estimate of drug-likeness (QED) is 0.357. The van der Waals surface area contributed by atoms with Crippen molar-refractivity contribution in [3.63, 3.8) is 0 Å². The first kappa shape index (κ1) is 23.1. The van der Waals surface area contributed by atoms with Crippen LogP contribution in [-0.4, -0.2) is 34.8 Å². The van der Waals surface area contributed by atoms with E-state index in [0.717, 1.165) is 39.3 Å². The van der Waals surface area contributed by atoms with E-state index < -0.39 is 5.97 Å². The predicted molar refractivity (Wildman–Crippen MR) is 135 cm³/mol.